The third kappa shape index (κ3) is 2.68. The number of ether oxygens (including phenoxy) is 1. The van der Waals surface area contributed by atoms with Gasteiger partial charge in [0.15, 0.2) is 0 Å². The van der Waals surface area contributed by atoms with Crippen molar-refractivity contribution in [1.82, 2.24) is 9.97 Å². The lowest BCUT2D eigenvalue weighted by Gasteiger charge is -2.09. The maximum absolute atomic E-state index is 11.9. The molecular formula is C13H12BrN3O2. The Morgan fingerprint density at radius 1 is 1.42 bits per heavy atom. The molecule has 0 aliphatic heterocycles. The molecule has 3 N–H and O–H groups in total. The van der Waals surface area contributed by atoms with Crippen LogP contribution in [0.5, 0.6) is 5.75 Å². The molecule has 0 radical (unpaired) electrons. The summed E-state index contributed by atoms with van der Waals surface area (Å²) in [5, 5.41) is 0. The van der Waals surface area contributed by atoms with E-state index in [9.17, 15) is 4.79 Å². The van der Waals surface area contributed by atoms with Crippen LogP contribution in [0.25, 0.3) is 5.57 Å². The Morgan fingerprint density at radius 2 is 2.11 bits per heavy atom. The van der Waals surface area contributed by atoms with E-state index < -0.39 is 0 Å². The van der Waals surface area contributed by atoms with Crippen LogP contribution in [0.15, 0.2) is 40.4 Å². The van der Waals surface area contributed by atoms with Crippen LogP contribution < -0.4 is 16.0 Å². The van der Waals surface area contributed by atoms with Gasteiger partial charge in [-0.1, -0.05) is 28.1 Å². The molecule has 98 valence electrons. The minimum atomic E-state index is -0.283. The molecule has 0 aliphatic carbocycles. The molecule has 0 bridgehead atoms. The normalized spacial score (nSPS) is 11.4. The van der Waals surface area contributed by atoms with Crippen molar-refractivity contribution in [2.75, 3.05) is 12.8 Å². The average Bonchev–Trinajstić information content (AvgIpc) is 2.43. The summed E-state index contributed by atoms with van der Waals surface area (Å²) >= 11 is 3.26. The number of benzene rings is 1. The number of nitrogens with one attached hydrogen (secondary N) is 1. The smallest absolute Gasteiger partial charge is 0.260 e. The number of halogens is 1. The summed E-state index contributed by atoms with van der Waals surface area (Å²) in [7, 11) is 1.60. The summed E-state index contributed by atoms with van der Waals surface area (Å²) in [6.45, 7) is 0. The maximum Gasteiger partial charge on any atom is 0.260 e. The van der Waals surface area contributed by atoms with Crippen LogP contribution >= 0.6 is 15.9 Å². The summed E-state index contributed by atoms with van der Waals surface area (Å²) in [6.07, 6.45) is 1.28. The first kappa shape index (κ1) is 13.4. The van der Waals surface area contributed by atoms with Gasteiger partial charge < -0.3 is 15.5 Å². The van der Waals surface area contributed by atoms with Gasteiger partial charge in [-0.3, -0.25) is 4.79 Å². The van der Waals surface area contributed by atoms with E-state index in [1.165, 1.54) is 6.33 Å². The van der Waals surface area contributed by atoms with Crippen molar-refractivity contribution in [1.29, 1.82) is 0 Å². The van der Waals surface area contributed by atoms with Crippen LogP contribution in [0, 0.1) is 0 Å². The lowest BCUT2D eigenvalue weighted by atomic mass is 10.0. The van der Waals surface area contributed by atoms with Crippen LogP contribution in [0.1, 0.15) is 11.1 Å². The Bertz CT molecular complexity index is 662. The van der Waals surface area contributed by atoms with E-state index in [4.69, 9.17) is 10.5 Å². The Morgan fingerprint density at radius 3 is 2.63 bits per heavy atom. The minimum absolute atomic E-state index is 0.185. The summed E-state index contributed by atoms with van der Waals surface area (Å²) in [5.74, 6) is 0.927. The van der Waals surface area contributed by atoms with E-state index in [2.05, 4.69) is 25.9 Å². The van der Waals surface area contributed by atoms with Gasteiger partial charge in [0.05, 0.1) is 19.0 Å². The highest BCUT2D eigenvalue weighted by Gasteiger charge is 2.13. The third-order valence-corrected chi connectivity index (χ3v) is 3.12. The fraction of sp³-hybridized carbons (Fsp3) is 0.0769. The Balaban J connectivity index is 2.54. The van der Waals surface area contributed by atoms with Gasteiger partial charge in [-0.15, -0.1) is 0 Å². The number of aromatic nitrogens is 2. The van der Waals surface area contributed by atoms with Crippen molar-refractivity contribution in [2.45, 2.75) is 0 Å². The van der Waals surface area contributed by atoms with Gasteiger partial charge >= 0.3 is 0 Å². The molecule has 0 fully saturated rings. The largest absolute Gasteiger partial charge is 0.497 e. The number of H-pyrrole nitrogens is 1. The second-order valence-corrected chi connectivity index (χ2v) is 4.20. The number of rotatable bonds is 3. The topological polar surface area (TPSA) is 81.0 Å². The van der Waals surface area contributed by atoms with E-state index in [-0.39, 0.29) is 11.4 Å². The van der Waals surface area contributed by atoms with E-state index >= 15 is 0 Å². The minimum Gasteiger partial charge on any atom is -0.497 e. The van der Waals surface area contributed by atoms with Crippen LogP contribution in [0.3, 0.4) is 0 Å². The fourth-order valence-corrected chi connectivity index (χ4v) is 2.20. The summed E-state index contributed by atoms with van der Waals surface area (Å²) in [5.41, 5.74) is 7.33. The number of nitrogens with zero attached hydrogens (tertiary/aromatic N) is 1. The quantitative estimate of drug-likeness (QED) is 0.907. The molecule has 19 heavy (non-hydrogen) atoms. The first-order valence-electron chi connectivity index (χ1n) is 5.45. The molecule has 0 unspecified atom stereocenters. The molecule has 1 aromatic carbocycles. The summed E-state index contributed by atoms with van der Waals surface area (Å²) in [6, 6.07) is 7.31. The Hall–Kier alpha value is -2.08. The fourth-order valence-electron chi connectivity index (χ4n) is 1.71. The molecule has 0 saturated carbocycles. The van der Waals surface area contributed by atoms with Gasteiger partial charge in [0.2, 0.25) is 0 Å². The molecule has 5 nitrogen and oxygen atoms in total. The summed E-state index contributed by atoms with van der Waals surface area (Å²) < 4.78 is 5.10. The second kappa shape index (κ2) is 5.71. The standard InChI is InChI=1S/C13H12BrN3O2/c1-19-9-4-2-8(3-5-9)10(6-14)11-12(15)16-7-17-13(11)18/h2-7H,1H3,(H3,15,16,17,18)/b10-6+. The van der Waals surface area contributed by atoms with Crippen molar-refractivity contribution in [3.8, 4) is 5.75 Å². The molecule has 1 aromatic heterocycles. The van der Waals surface area contributed by atoms with Gasteiger partial charge in [0.25, 0.3) is 5.56 Å². The maximum atomic E-state index is 11.9. The zero-order valence-electron chi connectivity index (χ0n) is 10.2. The van der Waals surface area contributed by atoms with Crippen molar-refractivity contribution >= 4 is 27.3 Å². The Labute approximate surface area is 118 Å². The lowest BCUT2D eigenvalue weighted by Crippen LogP contribution is -2.16. The van der Waals surface area contributed by atoms with Crippen LogP contribution in [0.4, 0.5) is 5.82 Å². The van der Waals surface area contributed by atoms with Gasteiger partial charge in [-0.05, 0) is 22.7 Å². The second-order valence-electron chi connectivity index (χ2n) is 3.74. The number of hydrogen-bond donors (Lipinski definition) is 2. The molecule has 0 aliphatic rings. The first-order chi connectivity index (χ1) is 9.17. The highest BCUT2D eigenvalue weighted by Crippen LogP contribution is 2.26. The van der Waals surface area contributed by atoms with E-state index in [0.717, 1.165) is 11.3 Å². The molecular weight excluding hydrogens is 310 g/mol. The molecule has 0 amide bonds. The Kier molecular flexibility index (Phi) is 4.01. The molecule has 2 aromatic rings. The van der Waals surface area contributed by atoms with Gasteiger partial charge in [-0.25, -0.2) is 4.98 Å². The average molecular weight is 322 g/mol. The van der Waals surface area contributed by atoms with Gasteiger partial charge in [0, 0.05) is 5.57 Å². The zero-order valence-corrected chi connectivity index (χ0v) is 11.8. The lowest BCUT2D eigenvalue weighted by molar-refractivity contribution is 0.415. The number of anilines is 1. The van der Waals surface area contributed by atoms with Crippen LogP contribution in [0.2, 0.25) is 0 Å². The van der Waals surface area contributed by atoms with Crippen molar-refractivity contribution in [3.05, 3.63) is 57.1 Å². The van der Waals surface area contributed by atoms with Gasteiger partial charge in [0.1, 0.15) is 11.6 Å². The van der Waals surface area contributed by atoms with Crippen LogP contribution in [-0.4, -0.2) is 17.1 Å². The molecule has 2 rings (SSSR count). The van der Waals surface area contributed by atoms with Crippen molar-refractivity contribution < 1.29 is 4.74 Å². The number of nitrogen functional groups attached to an aromatic ring is 1. The van der Waals surface area contributed by atoms with E-state index in [0.29, 0.717) is 11.1 Å². The molecule has 1 heterocycles. The van der Waals surface area contributed by atoms with Crippen molar-refractivity contribution in [2.24, 2.45) is 0 Å². The zero-order chi connectivity index (χ0) is 13.8. The number of hydrogen-bond acceptors (Lipinski definition) is 4. The monoisotopic (exact) mass is 321 g/mol. The predicted octanol–water partition coefficient (Wildman–Crippen LogP) is 2.14. The predicted molar refractivity (Wildman–Crippen MR) is 78.3 cm³/mol. The first-order valence-corrected chi connectivity index (χ1v) is 6.37. The number of nitrogens with two attached hydrogens (primary N) is 1. The van der Waals surface area contributed by atoms with Gasteiger partial charge in [-0.2, -0.15) is 0 Å². The highest BCUT2D eigenvalue weighted by atomic mass is 79.9. The SMILES string of the molecule is COc1ccc(/C(=C\Br)c2c(N)nc[nH]c2=O)cc1. The highest BCUT2D eigenvalue weighted by molar-refractivity contribution is 9.11. The number of aromatic amines is 1. The van der Waals surface area contributed by atoms with Crippen molar-refractivity contribution in [3.63, 3.8) is 0 Å². The van der Waals surface area contributed by atoms with E-state index in [1.54, 1.807) is 12.1 Å². The summed E-state index contributed by atoms with van der Waals surface area (Å²) in [4.78, 5) is 19.9. The number of methoxy groups -OCH3 is 1. The third-order valence-electron chi connectivity index (χ3n) is 2.66. The van der Waals surface area contributed by atoms with Crippen LogP contribution in [-0.2, 0) is 0 Å². The molecule has 0 spiro atoms. The molecule has 0 atom stereocenters. The van der Waals surface area contributed by atoms with E-state index in [1.807, 2.05) is 24.3 Å². The molecule has 6 heteroatoms. The molecule has 0 saturated heterocycles.